The summed E-state index contributed by atoms with van der Waals surface area (Å²) in [6, 6.07) is 3.99. The Morgan fingerprint density at radius 1 is 1.42 bits per heavy atom. The molecule has 1 aliphatic heterocycles. The van der Waals surface area contributed by atoms with Crippen LogP contribution in [0.1, 0.15) is 48.9 Å². The SMILES string of the molecule is Cc1c(F)cccc1NC(=O)N1CCCC(F)(c2nc(C3CC3)no2)C1. The smallest absolute Gasteiger partial charge is 0.321 e. The maximum absolute atomic E-state index is 15.4. The van der Waals surface area contributed by atoms with Crippen molar-refractivity contribution in [1.29, 1.82) is 0 Å². The highest BCUT2D eigenvalue weighted by atomic mass is 19.1. The van der Waals surface area contributed by atoms with Crippen LogP contribution in [-0.2, 0) is 5.67 Å². The van der Waals surface area contributed by atoms with E-state index < -0.39 is 17.5 Å². The zero-order chi connectivity index (χ0) is 18.3. The average molecular weight is 362 g/mol. The number of alkyl halides is 1. The maximum Gasteiger partial charge on any atom is 0.321 e. The zero-order valence-corrected chi connectivity index (χ0v) is 14.5. The zero-order valence-electron chi connectivity index (χ0n) is 14.5. The second kappa shape index (κ2) is 6.34. The number of halogens is 2. The Morgan fingerprint density at radius 2 is 2.23 bits per heavy atom. The number of piperidine rings is 1. The van der Waals surface area contributed by atoms with Gasteiger partial charge >= 0.3 is 6.03 Å². The largest absolute Gasteiger partial charge is 0.336 e. The number of aromatic nitrogens is 2. The normalized spacial score (nSPS) is 23.1. The number of carbonyl (C=O) groups is 1. The summed E-state index contributed by atoms with van der Waals surface area (Å²) < 4.78 is 34.2. The van der Waals surface area contributed by atoms with Gasteiger partial charge < -0.3 is 14.7 Å². The second-order valence-corrected chi connectivity index (χ2v) is 7.06. The highest BCUT2D eigenvalue weighted by Crippen LogP contribution is 2.41. The summed E-state index contributed by atoms with van der Waals surface area (Å²) in [5, 5.41) is 6.53. The minimum absolute atomic E-state index is 0.0566. The number of hydrogen-bond acceptors (Lipinski definition) is 4. The average Bonchev–Trinajstić information content (AvgIpc) is 3.35. The Kier molecular flexibility index (Phi) is 4.13. The number of rotatable bonds is 3. The molecule has 1 aromatic carbocycles. The molecule has 1 unspecified atom stereocenters. The number of carbonyl (C=O) groups excluding carboxylic acids is 1. The van der Waals surface area contributed by atoms with Gasteiger partial charge in [0.05, 0.1) is 6.54 Å². The Bertz CT molecular complexity index is 836. The van der Waals surface area contributed by atoms with Crippen LogP contribution < -0.4 is 5.32 Å². The Labute approximate surface area is 149 Å². The first-order valence-electron chi connectivity index (χ1n) is 8.80. The van der Waals surface area contributed by atoms with Gasteiger partial charge in [-0.1, -0.05) is 11.2 Å². The van der Waals surface area contributed by atoms with E-state index in [4.69, 9.17) is 4.52 Å². The van der Waals surface area contributed by atoms with Crippen molar-refractivity contribution in [2.45, 2.75) is 44.2 Å². The third-order valence-electron chi connectivity index (χ3n) is 5.01. The van der Waals surface area contributed by atoms with Gasteiger partial charge in [-0.15, -0.1) is 0 Å². The van der Waals surface area contributed by atoms with Crippen LogP contribution in [0, 0.1) is 12.7 Å². The molecule has 1 aliphatic carbocycles. The van der Waals surface area contributed by atoms with Crippen molar-refractivity contribution in [3.63, 3.8) is 0 Å². The van der Waals surface area contributed by atoms with E-state index in [9.17, 15) is 9.18 Å². The van der Waals surface area contributed by atoms with Gasteiger partial charge in [-0.25, -0.2) is 13.6 Å². The van der Waals surface area contributed by atoms with Crippen LogP contribution >= 0.6 is 0 Å². The number of hydrogen-bond donors (Lipinski definition) is 1. The van der Waals surface area contributed by atoms with Gasteiger partial charge in [0.2, 0.25) is 5.67 Å². The van der Waals surface area contributed by atoms with Crippen LogP contribution in [0.25, 0.3) is 0 Å². The summed E-state index contributed by atoms with van der Waals surface area (Å²) in [5.74, 6) is 0.364. The van der Waals surface area contributed by atoms with E-state index in [0.29, 0.717) is 30.0 Å². The molecule has 2 amide bonds. The number of anilines is 1. The number of nitrogens with one attached hydrogen (secondary N) is 1. The van der Waals surface area contributed by atoms with Crippen LogP contribution in [0.2, 0.25) is 0 Å². The molecule has 4 rings (SSSR count). The van der Waals surface area contributed by atoms with E-state index in [1.807, 2.05) is 0 Å². The van der Waals surface area contributed by atoms with Gasteiger partial charge in [-0.3, -0.25) is 0 Å². The number of urea groups is 1. The molecule has 8 heteroatoms. The molecule has 1 saturated carbocycles. The molecule has 6 nitrogen and oxygen atoms in total. The lowest BCUT2D eigenvalue weighted by atomic mass is 9.94. The first-order chi connectivity index (χ1) is 12.5. The Morgan fingerprint density at radius 3 is 3.00 bits per heavy atom. The van der Waals surface area contributed by atoms with Crippen LogP contribution in [0.5, 0.6) is 0 Å². The fourth-order valence-corrected chi connectivity index (χ4v) is 3.22. The van der Waals surface area contributed by atoms with Crippen molar-refractivity contribution in [1.82, 2.24) is 15.0 Å². The Hall–Kier alpha value is -2.51. The molecule has 2 aliphatic rings. The first-order valence-corrected chi connectivity index (χ1v) is 8.80. The van der Waals surface area contributed by atoms with E-state index in [0.717, 1.165) is 12.8 Å². The summed E-state index contributed by atoms with van der Waals surface area (Å²) in [6.45, 7) is 1.83. The highest BCUT2D eigenvalue weighted by molar-refractivity contribution is 5.90. The lowest BCUT2D eigenvalue weighted by Crippen LogP contribution is -2.48. The van der Waals surface area contributed by atoms with E-state index in [2.05, 4.69) is 15.5 Å². The van der Waals surface area contributed by atoms with Crippen molar-refractivity contribution >= 4 is 11.7 Å². The highest BCUT2D eigenvalue weighted by Gasteiger charge is 2.44. The second-order valence-electron chi connectivity index (χ2n) is 7.06. The molecule has 2 aromatic rings. The molecule has 0 spiro atoms. The van der Waals surface area contributed by atoms with E-state index in [1.54, 1.807) is 13.0 Å². The lowest BCUT2D eigenvalue weighted by molar-refractivity contribution is 0.0333. The minimum atomic E-state index is -1.85. The fourth-order valence-electron chi connectivity index (χ4n) is 3.22. The lowest BCUT2D eigenvalue weighted by Gasteiger charge is -2.35. The van der Waals surface area contributed by atoms with Gasteiger partial charge in [0, 0.05) is 23.7 Å². The van der Waals surface area contributed by atoms with Gasteiger partial charge in [0.1, 0.15) is 5.82 Å². The van der Waals surface area contributed by atoms with Gasteiger partial charge in [-0.2, -0.15) is 4.98 Å². The fraction of sp³-hybridized carbons (Fsp3) is 0.500. The molecular formula is C18H20F2N4O2. The predicted molar refractivity (Wildman–Crippen MR) is 90.0 cm³/mol. The van der Waals surface area contributed by atoms with Crippen LogP contribution in [-0.4, -0.2) is 34.2 Å². The van der Waals surface area contributed by atoms with Gasteiger partial charge in [-0.05, 0) is 44.7 Å². The third kappa shape index (κ3) is 3.15. The summed E-state index contributed by atoms with van der Waals surface area (Å²) >= 11 is 0. The van der Waals surface area contributed by atoms with E-state index in [1.165, 1.54) is 17.0 Å². The number of likely N-dealkylation sites (tertiary alicyclic amines) is 1. The molecule has 0 bridgehead atoms. The van der Waals surface area contributed by atoms with Crippen molar-refractivity contribution in [2.75, 3.05) is 18.4 Å². The van der Waals surface area contributed by atoms with Gasteiger partial charge in [0.25, 0.3) is 5.89 Å². The molecule has 2 fully saturated rings. The maximum atomic E-state index is 15.4. The van der Waals surface area contributed by atoms with Crippen molar-refractivity contribution in [3.8, 4) is 0 Å². The molecule has 1 atom stereocenters. The van der Waals surface area contributed by atoms with Crippen LogP contribution in [0.4, 0.5) is 19.3 Å². The molecule has 1 saturated heterocycles. The molecule has 1 aromatic heterocycles. The topological polar surface area (TPSA) is 71.3 Å². The summed E-state index contributed by atoms with van der Waals surface area (Å²) in [7, 11) is 0. The van der Waals surface area contributed by atoms with Crippen LogP contribution in [0.15, 0.2) is 22.7 Å². The molecule has 0 radical (unpaired) electrons. The summed E-state index contributed by atoms with van der Waals surface area (Å²) in [6.07, 6.45) is 2.70. The summed E-state index contributed by atoms with van der Waals surface area (Å²) in [5.41, 5.74) is -1.14. The van der Waals surface area contributed by atoms with Gasteiger partial charge in [0.15, 0.2) is 5.82 Å². The van der Waals surface area contributed by atoms with E-state index in [-0.39, 0.29) is 24.8 Å². The van der Waals surface area contributed by atoms with Crippen molar-refractivity contribution in [2.24, 2.45) is 0 Å². The molecule has 138 valence electrons. The van der Waals surface area contributed by atoms with E-state index >= 15 is 4.39 Å². The quantitative estimate of drug-likeness (QED) is 0.899. The number of amides is 2. The predicted octanol–water partition coefficient (Wildman–Crippen LogP) is 3.89. The first kappa shape index (κ1) is 16.9. The molecule has 1 N–H and O–H groups in total. The van der Waals surface area contributed by atoms with Crippen molar-refractivity contribution < 1.29 is 18.1 Å². The minimum Gasteiger partial charge on any atom is -0.336 e. The van der Waals surface area contributed by atoms with Crippen LogP contribution in [0.3, 0.4) is 0 Å². The number of benzene rings is 1. The molecule has 2 heterocycles. The standard InChI is InChI=1S/C18H20F2N4O2/c1-11-13(19)4-2-5-14(11)21-17(25)24-9-3-8-18(20,10-24)16-22-15(23-26-16)12-6-7-12/h2,4-5,12H,3,6-10H2,1H3,(H,21,25). The third-order valence-corrected chi connectivity index (χ3v) is 5.01. The number of nitrogens with zero attached hydrogens (tertiary/aromatic N) is 3. The summed E-state index contributed by atoms with van der Waals surface area (Å²) in [4.78, 5) is 18.1. The Balaban J connectivity index is 1.48. The molecular weight excluding hydrogens is 342 g/mol. The monoisotopic (exact) mass is 362 g/mol. The molecule has 26 heavy (non-hydrogen) atoms. The van der Waals surface area contributed by atoms with Crippen molar-refractivity contribution in [3.05, 3.63) is 41.3 Å².